The van der Waals surface area contributed by atoms with Crippen molar-refractivity contribution in [2.75, 3.05) is 11.9 Å². The van der Waals surface area contributed by atoms with Crippen LogP contribution in [0.3, 0.4) is 0 Å². The monoisotopic (exact) mass is 284 g/mol. The van der Waals surface area contributed by atoms with E-state index in [0.717, 1.165) is 0 Å². The number of benzene rings is 1. The summed E-state index contributed by atoms with van der Waals surface area (Å²) in [5.41, 5.74) is 0.844. The summed E-state index contributed by atoms with van der Waals surface area (Å²) in [6.07, 6.45) is -4.77. The number of aryl methyl sites for hydroxylation is 1. The number of anilines is 1. The first-order valence-corrected chi connectivity index (χ1v) is 6.07. The summed E-state index contributed by atoms with van der Waals surface area (Å²) >= 11 is 0. The Labute approximate surface area is 114 Å². The third kappa shape index (κ3) is 2.88. The number of nitro groups is 1. The summed E-state index contributed by atoms with van der Waals surface area (Å²) in [7, 11) is 0. The number of nitrogens with zero attached hydrogens (tertiary/aromatic N) is 1. The number of aliphatic hydroxyl groups is 3. The molecule has 1 aromatic carbocycles. The minimum atomic E-state index is -1.33. The van der Waals surface area contributed by atoms with E-state index in [-0.39, 0.29) is 12.3 Å². The summed E-state index contributed by atoms with van der Waals surface area (Å²) in [5.74, 6) is 0. The molecular formula is C12H16N2O6. The first-order chi connectivity index (χ1) is 9.40. The number of ether oxygens (including phenoxy) is 1. The van der Waals surface area contributed by atoms with Crippen LogP contribution in [0.1, 0.15) is 5.56 Å². The third-order valence-electron chi connectivity index (χ3n) is 3.22. The van der Waals surface area contributed by atoms with Gasteiger partial charge in [-0.3, -0.25) is 10.1 Å². The van der Waals surface area contributed by atoms with Crippen molar-refractivity contribution in [1.82, 2.24) is 0 Å². The molecule has 110 valence electrons. The lowest BCUT2D eigenvalue weighted by Gasteiger charge is -2.35. The SMILES string of the molecule is Cc1ccc(N[C@@H]2OC[C@@H](O)[C@@H](O)[C@@H]2O)cc1[N+](=O)[O-]. The molecule has 1 aromatic rings. The second-order valence-electron chi connectivity index (χ2n) is 4.71. The molecule has 0 saturated carbocycles. The summed E-state index contributed by atoms with van der Waals surface area (Å²) < 4.78 is 5.17. The van der Waals surface area contributed by atoms with E-state index in [4.69, 9.17) is 4.74 Å². The Bertz CT molecular complexity index is 509. The largest absolute Gasteiger partial charge is 0.388 e. The van der Waals surface area contributed by atoms with Crippen molar-refractivity contribution in [3.8, 4) is 0 Å². The molecule has 8 heteroatoms. The van der Waals surface area contributed by atoms with E-state index in [1.165, 1.54) is 6.07 Å². The average Bonchev–Trinajstić information content (AvgIpc) is 2.41. The standard InChI is InChI=1S/C12H16N2O6/c1-6-2-3-7(4-8(6)14(18)19)13-12-11(17)10(16)9(15)5-20-12/h2-4,9-13,15-17H,5H2,1H3/t9-,10-,11+,12-/m1/s1. The van der Waals surface area contributed by atoms with E-state index in [1.807, 2.05) is 0 Å². The molecule has 4 atom stereocenters. The van der Waals surface area contributed by atoms with Gasteiger partial charge in [0, 0.05) is 17.3 Å². The second-order valence-corrected chi connectivity index (χ2v) is 4.71. The second kappa shape index (κ2) is 5.71. The predicted octanol–water partition coefficient (Wildman–Crippen LogP) is -0.246. The maximum absolute atomic E-state index is 10.8. The van der Waals surface area contributed by atoms with Gasteiger partial charge in [-0.25, -0.2) is 0 Å². The number of hydrogen-bond donors (Lipinski definition) is 4. The lowest BCUT2D eigenvalue weighted by molar-refractivity contribution is -0.385. The smallest absolute Gasteiger partial charge is 0.274 e. The quantitative estimate of drug-likeness (QED) is 0.445. The molecule has 0 unspecified atom stereocenters. The molecule has 1 saturated heterocycles. The molecule has 2 rings (SSSR count). The fraction of sp³-hybridized carbons (Fsp3) is 0.500. The van der Waals surface area contributed by atoms with Crippen molar-refractivity contribution >= 4 is 11.4 Å². The molecule has 1 aliphatic heterocycles. The van der Waals surface area contributed by atoms with Crippen molar-refractivity contribution in [3.05, 3.63) is 33.9 Å². The van der Waals surface area contributed by atoms with E-state index < -0.39 is 29.5 Å². The Morgan fingerprint density at radius 2 is 2.05 bits per heavy atom. The van der Waals surface area contributed by atoms with Crippen molar-refractivity contribution in [2.24, 2.45) is 0 Å². The molecule has 0 radical (unpaired) electrons. The normalized spacial score (nSPS) is 30.0. The highest BCUT2D eigenvalue weighted by Gasteiger charge is 2.37. The summed E-state index contributed by atoms with van der Waals surface area (Å²) in [5, 5.41) is 42.3. The van der Waals surface area contributed by atoms with Gasteiger partial charge in [0.25, 0.3) is 5.69 Å². The lowest BCUT2D eigenvalue weighted by Crippen LogP contribution is -2.55. The molecule has 0 bridgehead atoms. The van der Waals surface area contributed by atoms with Gasteiger partial charge in [0.15, 0.2) is 6.23 Å². The van der Waals surface area contributed by atoms with Crippen molar-refractivity contribution in [3.63, 3.8) is 0 Å². The lowest BCUT2D eigenvalue weighted by atomic mass is 10.0. The van der Waals surface area contributed by atoms with Crippen LogP contribution in [0.5, 0.6) is 0 Å². The molecule has 1 aliphatic rings. The van der Waals surface area contributed by atoms with Crippen LogP contribution in [-0.4, -0.2) is 51.4 Å². The number of aliphatic hydroxyl groups excluding tert-OH is 3. The molecule has 1 heterocycles. The molecule has 8 nitrogen and oxygen atoms in total. The molecule has 1 fully saturated rings. The molecule has 0 amide bonds. The molecule has 4 N–H and O–H groups in total. The fourth-order valence-electron chi connectivity index (χ4n) is 1.99. The minimum absolute atomic E-state index is 0.0547. The zero-order valence-corrected chi connectivity index (χ0v) is 10.8. The van der Waals surface area contributed by atoms with Crippen LogP contribution in [0.2, 0.25) is 0 Å². The summed E-state index contributed by atoms with van der Waals surface area (Å²) in [6.45, 7) is 1.48. The maximum atomic E-state index is 10.8. The number of hydrogen-bond acceptors (Lipinski definition) is 7. The van der Waals surface area contributed by atoms with Gasteiger partial charge >= 0.3 is 0 Å². The van der Waals surface area contributed by atoms with E-state index >= 15 is 0 Å². The topological polar surface area (TPSA) is 125 Å². The van der Waals surface area contributed by atoms with Crippen molar-refractivity contribution in [1.29, 1.82) is 0 Å². The minimum Gasteiger partial charge on any atom is -0.388 e. The van der Waals surface area contributed by atoms with Crippen molar-refractivity contribution in [2.45, 2.75) is 31.5 Å². The predicted molar refractivity (Wildman–Crippen MR) is 69.2 cm³/mol. The van der Waals surface area contributed by atoms with Gasteiger partial charge < -0.3 is 25.4 Å². The number of rotatable bonds is 3. The van der Waals surface area contributed by atoms with E-state index in [0.29, 0.717) is 11.3 Å². The molecule has 0 aromatic heterocycles. The first kappa shape index (κ1) is 14.7. The first-order valence-electron chi connectivity index (χ1n) is 6.07. The molecule has 0 aliphatic carbocycles. The number of nitro benzene ring substituents is 1. The van der Waals surface area contributed by atoms with Crippen LogP contribution < -0.4 is 5.32 Å². The highest BCUT2D eigenvalue weighted by molar-refractivity contribution is 5.55. The van der Waals surface area contributed by atoms with E-state index in [1.54, 1.807) is 19.1 Å². The van der Waals surface area contributed by atoms with Gasteiger partial charge in [-0.2, -0.15) is 0 Å². The Kier molecular flexibility index (Phi) is 4.19. The van der Waals surface area contributed by atoms with Crippen LogP contribution in [-0.2, 0) is 4.74 Å². The van der Waals surface area contributed by atoms with E-state index in [9.17, 15) is 25.4 Å². The molecular weight excluding hydrogens is 268 g/mol. The molecule has 20 heavy (non-hydrogen) atoms. The van der Waals surface area contributed by atoms with Crippen LogP contribution in [0.15, 0.2) is 18.2 Å². The Morgan fingerprint density at radius 3 is 2.70 bits per heavy atom. The van der Waals surface area contributed by atoms with Gasteiger partial charge in [-0.1, -0.05) is 6.07 Å². The van der Waals surface area contributed by atoms with Crippen LogP contribution >= 0.6 is 0 Å². The van der Waals surface area contributed by atoms with Gasteiger partial charge in [0.05, 0.1) is 11.5 Å². The van der Waals surface area contributed by atoms with Gasteiger partial charge in [0.1, 0.15) is 18.3 Å². The highest BCUT2D eigenvalue weighted by atomic mass is 16.6. The summed E-state index contributed by atoms with van der Waals surface area (Å²) in [6, 6.07) is 4.50. The van der Waals surface area contributed by atoms with Gasteiger partial charge in [-0.05, 0) is 13.0 Å². The zero-order chi connectivity index (χ0) is 14.9. The fourth-order valence-corrected chi connectivity index (χ4v) is 1.99. The van der Waals surface area contributed by atoms with Crippen LogP contribution in [0.4, 0.5) is 11.4 Å². The van der Waals surface area contributed by atoms with Gasteiger partial charge in [0.2, 0.25) is 0 Å². The Morgan fingerprint density at radius 1 is 1.35 bits per heavy atom. The Balaban J connectivity index is 2.14. The van der Waals surface area contributed by atoms with E-state index in [2.05, 4.69) is 5.32 Å². The third-order valence-corrected chi connectivity index (χ3v) is 3.22. The summed E-state index contributed by atoms with van der Waals surface area (Å²) in [4.78, 5) is 10.3. The van der Waals surface area contributed by atoms with Crippen LogP contribution in [0.25, 0.3) is 0 Å². The van der Waals surface area contributed by atoms with Crippen LogP contribution in [0, 0.1) is 17.0 Å². The Hall–Kier alpha value is -1.74. The number of nitrogens with one attached hydrogen (secondary N) is 1. The van der Waals surface area contributed by atoms with Gasteiger partial charge in [-0.15, -0.1) is 0 Å². The van der Waals surface area contributed by atoms with Crippen molar-refractivity contribution < 1.29 is 25.0 Å². The molecule has 0 spiro atoms. The highest BCUT2D eigenvalue weighted by Crippen LogP contribution is 2.24. The maximum Gasteiger partial charge on any atom is 0.274 e. The zero-order valence-electron chi connectivity index (χ0n) is 10.8. The average molecular weight is 284 g/mol.